The topological polar surface area (TPSA) is 66.4 Å². The molecule has 0 heterocycles. The van der Waals surface area contributed by atoms with Crippen LogP contribution in [0.5, 0.6) is 0 Å². The second-order valence-electron chi connectivity index (χ2n) is 3.64. The number of hydrogen-bond donors (Lipinski definition) is 2. The smallest absolute Gasteiger partial charge is 0.328 e. The Hall–Kier alpha value is -2.10. The maximum atomic E-state index is 11.2. The zero-order valence-electron chi connectivity index (χ0n) is 9.86. The Balaban J connectivity index is 2.94. The fourth-order valence-corrected chi connectivity index (χ4v) is 1.31. The third kappa shape index (κ3) is 4.10. The average Bonchev–Trinajstić information content (AvgIpc) is 2.29. The number of carboxylic acid groups (broad SMARTS) is 1. The number of carboxylic acids is 1. The average molecular weight is 233 g/mol. The van der Waals surface area contributed by atoms with Crippen molar-refractivity contribution in [1.29, 1.82) is 0 Å². The number of anilines is 1. The zero-order valence-corrected chi connectivity index (χ0v) is 9.86. The molecule has 1 amide bonds. The van der Waals surface area contributed by atoms with Gasteiger partial charge in [0, 0.05) is 18.2 Å². The Morgan fingerprint density at radius 1 is 1.41 bits per heavy atom. The molecule has 1 aromatic rings. The molecule has 0 bridgehead atoms. The molecule has 0 fully saturated rings. The molecule has 0 saturated carbocycles. The minimum atomic E-state index is -0.993. The number of hydrogen-bond acceptors (Lipinski definition) is 2. The van der Waals surface area contributed by atoms with Crippen molar-refractivity contribution in [2.75, 3.05) is 5.32 Å². The maximum absolute atomic E-state index is 11.2. The SMILES string of the molecule is CCC(=O)Nc1ccc(C)c(C=CC(=O)O)c1. The van der Waals surface area contributed by atoms with Gasteiger partial charge in [0.2, 0.25) is 5.91 Å². The van der Waals surface area contributed by atoms with E-state index in [1.807, 2.05) is 13.0 Å². The number of nitrogens with one attached hydrogen (secondary N) is 1. The minimum Gasteiger partial charge on any atom is -0.478 e. The largest absolute Gasteiger partial charge is 0.478 e. The van der Waals surface area contributed by atoms with E-state index in [-0.39, 0.29) is 5.91 Å². The highest BCUT2D eigenvalue weighted by atomic mass is 16.4. The van der Waals surface area contributed by atoms with Crippen LogP contribution in [0.3, 0.4) is 0 Å². The van der Waals surface area contributed by atoms with Gasteiger partial charge in [-0.25, -0.2) is 4.79 Å². The standard InChI is InChI=1S/C13H15NO3/c1-3-12(15)14-11-6-4-9(2)10(8-11)5-7-13(16)17/h4-8H,3H2,1-2H3,(H,14,15)(H,16,17). The number of aliphatic carboxylic acids is 1. The molecule has 0 aliphatic rings. The first-order chi connectivity index (χ1) is 8.02. The van der Waals surface area contributed by atoms with Crippen molar-refractivity contribution >= 4 is 23.6 Å². The number of rotatable bonds is 4. The van der Waals surface area contributed by atoms with E-state index in [1.54, 1.807) is 19.1 Å². The molecular formula is C13H15NO3. The van der Waals surface area contributed by atoms with E-state index in [0.29, 0.717) is 12.1 Å². The van der Waals surface area contributed by atoms with Gasteiger partial charge in [0.15, 0.2) is 0 Å². The van der Waals surface area contributed by atoms with E-state index < -0.39 is 5.97 Å². The second-order valence-corrected chi connectivity index (χ2v) is 3.64. The molecule has 0 aromatic heterocycles. The number of benzene rings is 1. The molecule has 0 atom stereocenters. The number of amides is 1. The van der Waals surface area contributed by atoms with E-state index in [2.05, 4.69) is 5.32 Å². The molecule has 17 heavy (non-hydrogen) atoms. The van der Waals surface area contributed by atoms with Gasteiger partial charge in [-0.1, -0.05) is 13.0 Å². The van der Waals surface area contributed by atoms with E-state index in [4.69, 9.17) is 5.11 Å². The van der Waals surface area contributed by atoms with Crippen LogP contribution in [0.4, 0.5) is 5.69 Å². The molecular weight excluding hydrogens is 218 g/mol. The van der Waals surface area contributed by atoms with Crippen LogP contribution in [0.15, 0.2) is 24.3 Å². The van der Waals surface area contributed by atoms with Gasteiger partial charge in [0.1, 0.15) is 0 Å². The van der Waals surface area contributed by atoms with Gasteiger partial charge in [-0.3, -0.25) is 4.79 Å². The summed E-state index contributed by atoms with van der Waals surface area (Å²) in [5, 5.41) is 11.3. The van der Waals surface area contributed by atoms with Crippen LogP contribution in [0.1, 0.15) is 24.5 Å². The van der Waals surface area contributed by atoms with Crippen molar-refractivity contribution in [3.8, 4) is 0 Å². The van der Waals surface area contributed by atoms with Crippen LogP contribution >= 0.6 is 0 Å². The first-order valence-electron chi connectivity index (χ1n) is 5.34. The summed E-state index contributed by atoms with van der Waals surface area (Å²) in [7, 11) is 0. The molecule has 0 aliphatic heterocycles. The van der Waals surface area contributed by atoms with Crippen molar-refractivity contribution in [2.24, 2.45) is 0 Å². The van der Waals surface area contributed by atoms with Crippen molar-refractivity contribution in [1.82, 2.24) is 0 Å². The van der Waals surface area contributed by atoms with Crippen LogP contribution in [-0.4, -0.2) is 17.0 Å². The summed E-state index contributed by atoms with van der Waals surface area (Å²) in [6.07, 6.45) is 3.00. The molecule has 0 aliphatic carbocycles. The van der Waals surface area contributed by atoms with Gasteiger partial charge in [-0.05, 0) is 36.3 Å². The summed E-state index contributed by atoms with van der Waals surface area (Å²) in [5.41, 5.74) is 2.41. The molecule has 1 aromatic carbocycles. The number of carbonyl (C=O) groups excluding carboxylic acids is 1. The molecule has 2 N–H and O–H groups in total. The lowest BCUT2D eigenvalue weighted by atomic mass is 10.1. The predicted molar refractivity (Wildman–Crippen MR) is 66.8 cm³/mol. The van der Waals surface area contributed by atoms with Gasteiger partial charge in [0.05, 0.1) is 0 Å². The Kier molecular flexibility index (Phi) is 4.46. The Morgan fingerprint density at radius 2 is 2.12 bits per heavy atom. The maximum Gasteiger partial charge on any atom is 0.328 e. The highest BCUT2D eigenvalue weighted by molar-refractivity contribution is 5.91. The molecule has 0 radical (unpaired) electrons. The molecule has 0 unspecified atom stereocenters. The quantitative estimate of drug-likeness (QED) is 0.785. The normalized spacial score (nSPS) is 10.5. The van der Waals surface area contributed by atoms with Crippen LogP contribution in [0, 0.1) is 6.92 Å². The first-order valence-corrected chi connectivity index (χ1v) is 5.34. The lowest BCUT2D eigenvalue weighted by molar-refractivity contribution is -0.131. The summed E-state index contributed by atoms with van der Waals surface area (Å²) in [4.78, 5) is 21.7. The molecule has 4 heteroatoms. The molecule has 1 rings (SSSR count). The molecule has 0 saturated heterocycles. The van der Waals surface area contributed by atoms with Crippen LogP contribution in [-0.2, 0) is 9.59 Å². The lowest BCUT2D eigenvalue weighted by Crippen LogP contribution is -2.09. The van der Waals surface area contributed by atoms with Crippen molar-refractivity contribution in [3.05, 3.63) is 35.4 Å². The van der Waals surface area contributed by atoms with Gasteiger partial charge in [-0.15, -0.1) is 0 Å². The Bertz CT molecular complexity index is 464. The van der Waals surface area contributed by atoms with Crippen LogP contribution in [0.25, 0.3) is 6.08 Å². The molecule has 0 spiro atoms. The summed E-state index contributed by atoms with van der Waals surface area (Å²) in [5.74, 6) is -1.06. The van der Waals surface area contributed by atoms with E-state index in [0.717, 1.165) is 17.2 Å². The number of aryl methyl sites for hydroxylation is 1. The van der Waals surface area contributed by atoms with Crippen LogP contribution in [0.2, 0.25) is 0 Å². The zero-order chi connectivity index (χ0) is 12.8. The van der Waals surface area contributed by atoms with E-state index in [1.165, 1.54) is 6.08 Å². The predicted octanol–water partition coefficient (Wildman–Crippen LogP) is 2.44. The summed E-state index contributed by atoms with van der Waals surface area (Å²) in [6, 6.07) is 5.39. The van der Waals surface area contributed by atoms with Gasteiger partial charge < -0.3 is 10.4 Å². The van der Waals surface area contributed by atoms with E-state index >= 15 is 0 Å². The van der Waals surface area contributed by atoms with Gasteiger partial charge >= 0.3 is 5.97 Å². The van der Waals surface area contributed by atoms with Gasteiger partial charge in [0.25, 0.3) is 0 Å². The molecule has 90 valence electrons. The first kappa shape index (κ1) is 13.0. The summed E-state index contributed by atoms with van der Waals surface area (Å²) < 4.78 is 0. The molecule has 4 nitrogen and oxygen atoms in total. The Labute approximate surface area is 100.0 Å². The fourth-order valence-electron chi connectivity index (χ4n) is 1.31. The van der Waals surface area contributed by atoms with Crippen LogP contribution < -0.4 is 5.32 Å². The fraction of sp³-hybridized carbons (Fsp3) is 0.231. The highest BCUT2D eigenvalue weighted by Crippen LogP contribution is 2.17. The Morgan fingerprint density at radius 3 is 2.71 bits per heavy atom. The lowest BCUT2D eigenvalue weighted by Gasteiger charge is -2.06. The van der Waals surface area contributed by atoms with Gasteiger partial charge in [-0.2, -0.15) is 0 Å². The summed E-state index contributed by atoms with van der Waals surface area (Å²) in [6.45, 7) is 3.65. The van der Waals surface area contributed by atoms with Crippen molar-refractivity contribution in [3.63, 3.8) is 0 Å². The third-order valence-electron chi connectivity index (χ3n) is 2.29. The second kappa shape index (κ2) is 5.84. The third-order valence-corrected chi connectivity index (χ3v) is 2.29. The minimum absolute atomic E-state index is 0.0676. The monoisotopic (exact) mass is 233 g/mol. The van der Waals surface area contributed by atoms with Crippen molar-refractivity contribution < 1.29 is 14.7 Å². The number of carbonyl (C=O) groups is 2. The van der Waals surface area contributed by atoms with Crippen molar-refractivity contribution in [2.45, 2.75) is 20.3 Å². The summed E-state index contributed by atoms with van der Waals surface area (Å²) >= 11 is 0. The van der Waals surface area contributed by atoms with E-state index in [9.17, 15) is 9.59 Å². The highest BCUT2D eigenvalue weighted by Gasteiger charge is 2.01.